The van der Waals surface area contributed by atoms with Gasteiger partial charge in [-0.2, -0.15) is 13.2 Å². The summed E-state index contributed by atoms with van der Waals surface area (Å²) in [7, 11) is 1.51. The third-order valence-electron chi connectivity index (χ3n) is 4.00. The van der Waals surface area contributed by atoms with E-state index >= 15 is 0 Å². The van der Waals surface area contributed by atoms with Crippen LogP contribution in [0, 0.1) is 0 Å². The smallest absolute Gasteiger partial charge is 0.399 e. The molecule has 0 saturated carbocycles. The molecule has 0 aliphatic heterocycles. The molecule has 0 radical (unpaired) electrons. The van der Waals surface area contributed by atoms with E-state index in [-0.39, 0.29) is 23.1 Å². The summed E-state index contributed by atoms with van der Waals surface area (Å²) in [5.74, 6) is 0.735. The van der Waals surface area contributed by atoms with E-state index in [4.69, 9.17) is 17.3 Å². The van der Waals surface area contributed by atoms with E-state index < -0.39 is 24.4 Å². The second-order valence-electron chi connectivity index (χ2n) is 6.15. The van der Waals surface area contributed by atoms with Gasteiger partial charge in [-0.15, -0.1) is 11.6 Å². The number of aliphatic hydroxyl groups excluding tert-OH is 1. The van der Waals surface area contributed by atoms with Gasteiger partial charge in [-0.25, -0.2) is 0 Å². The number of carbonyl (C=O) groups excluding carboxylic acids is 1. The Morgan fingerprint density at radius 1 is 1.33 bits per heavy atom. The number of hydrogen-bond acceptors (Lipinski definition) is 5. The minimum absolute atomic E-state index is 0.0166. The van der Waals surface area contributed by atoms with Crippen LogP contribution in [0.25, 0.3) is 0 Å². The van der Waals surface area contributed by atoms with Crippen LogP contribution < -0.4 is 16.4 Å². The van der Waals surface area contributed by atoms with Crippen LogP contribution in [0.15, 0.2) is 45.5 Å². The average Bonchev–Trinajstić information content (AvgIpc) is 2.72. The summed E-state index contributed by atoms with van der Waals surface area (Å²) in [5, 5.41) is 15.1. The lowest BCUT2D eigenvalue weighted by molar-refractivity contribution is -0.137. The van der Waals surface area contributed by atoms with Crippen molar-refractivity contribution < 1.29 is 23.1 Å². The Hall–Kier alpha value is -2.59. The molecule has 30 heavy (non-hydrogen) atoms. The van der Waals surface area contributed by atoms with Gasteiger partial charge in [-0.1, -0.05) is 12.1 Å². The number of benzene rings is 1. The van der Waals surface area contributed by atoms with E-state index in [2.05, 4.69) is 20.6 Å². The number of halogens is 4. The fourth-order valence-corrected chi connectivity index (χ4v) is 2.46. The highest BCUT2D eigenvalue weighted by Crippen LogP contribution is 2.30. The van der Waals surface area contributed by atoms with Crippen molar-refractivity contribution >= 4 is 29.7 Å². The number of alkyl halides is 4. The van der Waals surface area contributed by atoms with Gasteiger partial charge >= 0.3 is 6.18 Å². The Bertz CT molecular complexity index is 792. The summed E-state index contributed by atoms with van der Waals surface area (Å²) in [6, 6.07) is 3.90. The van der Waals surface area contributed by atoms with Crippen LogP contribution in [0.1, 0.15) is 30.5 Å². The highest BCUT2D eigenvalue weighted by Gasteiger charge is 2.30. The normalized spacial score (nSPS) is 14.8. The Morgan fingerprint density at radius 3 is 2.43 bits per heavy atom. The van der Waals surface area contributed by atoms with Crippen LogP contribution in [0.4, 0.5) is 13.2 Å². The second-order valence-corrected chi connectivity index (χ2v) is 6.53. The minimum atomic E-state index is -4.44. The maximum Gasteiger partial charge on any atom is 0.416 e. The van der Waals surface area contributed by atoms with Gasteiger partial charge in [0, 0.05) is 25.2 Å². The first-order valence-electron chi connectivity index (χ1n) is 9.01. The fourth-order valence-electron chi connectivity index (χ4n) is 2.32. The SMILES string of the molecule is CN=C(NCCCCl)NC(=N[C@@H](C)c1ccc(C(F)(F)F)cc1)C(C=O)=C(N)CO. The molecule has 0 saturated heterocycles. The van der Waals surface area contributed by atoms with Gasteiger partial charge in [0.1, 0.15) is 5.84 Å². The number of rotatable bonds is 8. The fraction of sp³-hybridized carbons (Fsp3) is 0.421. The van der Waals surface area contributed by atoms with Crippen LogP contribution in [0.5, 0.6) is 0 Å². The number of guanidine groups is 1. The van der Waals surface area contributed by atoms with Gasteiger partial charge in [0.2, 0.25) is 0 Å². The standard InChI is InChI=1S/C19H25ClF3N5O2/c1-12(13-4-6-14(7-5-13)19(21,22)23)27-17(15(10-29)16(24)11-30)28-18(25-2)26-9-3-8-20/h4-7,10,12,30H,3,8-9,11,24H2,1-2H3,(H2,25,26,27,28)/t12-/m0/s1. The lowest BCUT2D eigenvalue weighted by Crippen LogP contribution is -2.43. The van der Waals surface area contributed by atoms with Gasteiger partial charge in [0.05, 0.1) is 23.8 Å². The summed E-state index contributed by atoms with van der Waals surface area (Å²) in [4.78, 5) is 20.0. The van der Waals surface area contributed by atoms with Crippen LogP contribution in [-0.2, 0) is 11.0 Å². The van der Waals surface area contributed by atoms with Crippen molar-refractivity contribution in [3.05, 3.63) is 46.7 Å². The second kappa shape index (κ2) is 12.2. The molecule has 0 spiro atoms. The molecule has 0 aliphatic rings. The van der Waals surface area contributed by atoms with Gasteiger partial charge < -0.3 is 21.5 Å². The molecule has 0 amide bonds. The van der Waals surface area contributed by atoms with Crippen molar-refractivity contribution in [2.24, 2.45) is 15.7 Å². The number of hydrogen-bond donors (Lipinski definition) is 4. The number of aliphatic hydroxyl groups is 1. The van der Waals surface area contributed by atoms with Gasteiger partial charge in [-0.05, 0) is 31.0 Å². The molecule has 0 fully saturated rings. The zero-order valence-electron chi connectivity index (χ0n) is 16.6. The first-order valence-corrected chi connectivity index (χ1v) is 9.55. The maximum absolute atomic E-state index is 12.8. The number of nitrogens with two attached hydrogens (primary N) is 1. The quantitative estimate of drug-likeness (QED) is 0.122. The van der Waals surface area contributed by atoms with Crippen molar-refractivity contribution in [3.8, 4) is 0 Å². The number of aldehydes is 1. The molecule has 0 aliphatic carbocycles. The van der Waals surface area contributed by atoms with Crippen LogP contribution >= 0.6 is 11.6 Å². The van der Waals surface area contributed by atoms with E-state index in [1.807, 2.05) is 0 Å². The molecule has 0 aromatic heterocycles. The molecule has 1 rings (SSSR count). The Balaban J connectivity index is 3.25. The summed E-state index contributed by atoms with van der Waals surface area (Å²) >= 11 is 5.65. The zero-order chi connectivity index (χ0) is 22.7. The molecular formula is C19H25ClF3N5O2. The first-order chi connectivity index (χ1) is 14.2. The van der Waals surface area contributed by atoms with E-state index in [0.717, 1.165) is 12.1 Å². The topological polar surface area (TPSA) is 112 Å². The van der Waals surface area contributed by atoms with Crippen LogP contribution in [0.3, 0.4) is 0 Å². The molecule has 0 unspecified atom stereocenters. The molecule has 0 heterocycles. The largest absolute Gasteiger partial charge is 0.416 e. The molecule has 1 aromatic rings. The molecule has 1 atom stereocenters. The molecule has 11 heteroatoms. The summed E-state index contributed by atoms with van der Waals surface area (Å²) in [5.41, 5.74) is 5.23. The summed E-state index contributed by atoms with van der Waals surface area (Å²) in [6.45, 7) is 1.56. The van der Waals surface area contributed by atoms with Crippen molar-refractivity contribution in [3.63, 3.8) is 0 Å². The third kappa shape index (κ3) is 7.68. The third-order valence-corrected chi connectivity index (χ3v) is 4.26. The Labute approximate surface area is 177 Å². The number of nitrogens with zero attached hydrogens (tertiary/aromatic N) is 2. The number of aliphatic imine (C=N–C) groups is 2. The number of carbonyl (C=O) groups is 1. The molecule has 7 nitrogen and oxygen atoms in total. The molecule has 5 N–H and O–H groups in total. The Kier molecular flexibility index (Phi) is 10.3. The van der Waals surface area contributed by atoms with Crippen molar-refractivity contribution in [1.82, 2.24) is 10.6 Å². The Morgan fingerprint density at radius 2 is 1.97 bits per heavy atom. The van der Waals surface area contributed by atoms with Gasteiger partial charge in [-0.3, -0.25) is 14.8 Å². The van der Waals surface area contributed by atoms with Gasteiger partial charge in [0.15, 0.2) is 12.2 Å². The highest BCUT2D eigenvalue weighted by molar-refractivity contribution is 6.19. The maximum atomic E-state index is 12.8. The molecule has 0 bridgehead atoms. The first kappa shape index (κ1) is 25.4. The van der Waals surface area contributed by atoms with Crippen molar-refractivity contribution in [2.75, 3.05) is 26.1 Å². The predicted molar refractivity (Wildman–Crippen MR) is 111 cm³/mol. The van der Waals surface area contributed by atoms with Crippen molar-refractivity contribution in [1.29, 1.82) is 0 Å². The van der Waals surface area contributed by atoms with Crippen LogP contribution in [-0.4, -0.2) is 49.3 Å². The minimum Gasteiger partial charge on any atom is -0.399 e. The molecular weight excluding hydrogens is 423 g/mol. The van der Waals surface area contributed by atoms with E-state index in [1.165, 1.54) is 19.2 Å². The summed E-state index contributed by atoms with van der Waals surface area (Å²) < 4.78 is 38.3. The van der Waals surface area contributed by atoms with E-state index in [0.29, 0.717) is 30.7 Å². The number of nitrogens with one attached hydrogen (secondary N) is 2. The summed E-state index contributed by atoms with van der Waals surface area (Å²) in [6.07, 6.45) is -3.35. The highest BCUT2D eigenvalue weighted by atomic mass is 35.5. The van der Waals surface area contributed by atoms with Gasteiger partial charge in [0.25, 0.3) is 0 Å². The average molecular weight is 448 g/mol. The lowest BCUT2D eigenvalue weighted by atomic mass is 10.1. The number of amidine groups is 1. The van der Waals surface area contributed by atoms with E-state index in [9.17, 15) is 23.1 Å². The zero-order valence-corrected chi connectivity index (χ0v) is 17.4. The van der Waals surface area contributed by atoms with Crippen LogP contribution in [0.2, 0.25) is 0 Å². The predicted octanol–water partition coefficient (Wildman–Crippen LogP) is 2.36. The van der Waals surface area contributed by atoms with Crippen molar-refractivity contribution in [2.45, 2.75) is 25.6 Å². The lowest BCUT2D eigenvalue weighted by Gasteiger charge is -2.17. The molecule has 1 aromatic carbocycles. The molecule has 166 valence electrons. The monoisotopic (exact) mass is 447 g/mol. The van der Waals surface area contributed by atoms with E-state index in [1.54, 1.807) is 6.92 Å².